The average Bonchev–Trinajstić information content (AvgIpc) is 2.74. The van der Waals surface area contributed by atoms with Gasteiger partial charge >= 0.3 is 0 Å². The molecule has 1 aliphatic heterocycles. The van der Waals surface area contributed by atoms with E-state index in [2.05, 4.69) is 0 Å². The van der Waals surface area contributed by atoms with E-state index in [1.54, 1.807) is 19.2 Å². The van der Waals surface area contributed by atoms with E-state index in [4.69, 9.17) is 14.2 Å². The van der Waals surface area contributed by atoms with Gasteiger partial charge in [0.15, 0.2) is 11.5 Å². The highest BCUT2D eigenvalue weighted by molar-refractivity contribution is 5.97. The topological polar surface area (TPSA) is 72.7 Å². The number of carbonyl (C=O) groups is 1. The van der Waals surface area contributed by atoms with E-state index in [1.165, 1.54) is 19.1 Å². The van der Waals surface area contributed by atoms with Crippen LogP contribution >= 0.6 is 0 Å². The van der Waals surface area contributed by atoms with Gasteiger partial charge in [0.25, 0.3) is 5.91 Å². The largest absolute Gasteiger partial charge is 0.502 e. The van der Waals surface area contributed by atoms with E-state index in [0.29, 0.717) is 35.9 Å². The van der Waals surface area contributed by atoms with Crippen LogP contribution in [0.25, 0.3) is 0 Å². The van der Waals surface area contributed by atoms with Gasteiger partial charge in [-0.1, -0.05) is 12.1 Å². The van der Waals surface area contributed by atoms with Gasteiger partial charge in [-0.25, -0.2) is 0 Å². The molecule has 1 heterocycles. The fourth-order valence-electron chi connectivity index (χ4n) is 3.53. The molecule has 28 heavy (non-hydrogen) atoms. The zero-order chi connectivity index (χ0) is 20.1. The Hall–Kier alpha value is -2.93. The number of hydrogen-bond donors (Lipinski definition) is 2. The molecule has 1 saturated heterocycles. The molecule has 0 radical (unpaired) electrons. The summed E-state index contributed by atoms with van der Waals surface area (Å²) in [5.41, 5.74) is 1.62. The molecule has 0 unspecified atom stereocenters. The van der Waals surface area contributed by atoms with E-state index < -0.39 is 0 Å². The molecule has 1 aliphatic rings. The number of amides is 1. The first-order chi connectivity index (χ1) is 13.6. The minimum atomic E-state index is 0.00414. The molecule has 1 fully saturated rings. The second-order valence-corrected chi connectivity index (χ2v) is 6.77. The monoisotopic (exact) mass is 387 g/mol. The van der Waals surface area contributed by atoms with E-state index in [-0.39, 0.29) is 11.7 Å². The molecule has 0 aromatic heterocycles. The summed E-state index contributed by atoms with van der Waals surface area (Å²) in [6, 6.07) is 11.0. The second-order valence-electron chi connectivity index (χ2n) is 6.77. The Kier molecular flexibility index (Phi) is 6.26. The molecule has 0 atom stereocenters. The number of nitrogens with one attached hydrogen (secondary N) is 1. The van der Waals surface area contributed by atoms with Crippen LogP contribution in [-0.2, 0) is 6.54 Å². The molecule has 7 nitrogen and oxygen atoms in total. The number of ether oxygens (including phenoxy) is 3. The second kappa shape index (κ2) is 8.84. The van der Waals surface area contributed by atoms with Crippen LogP contribution in [0.4, 0.5) is 0 Å². The normalized spacial score (nSPS) is 14.6. The van der Waals surface area contributed by atoms with Crippen molar-refractivity contribution < 1.29 is 29.0 Å². The van der Waals surface area contributed by atoms with Gasteiger partial charge < -0.3 is 29.1 Å². The van der Waals surface area contributed by atoms with Crippen LogP contribution in [0.5, 0.6) is 23.0 Å². The highest BCUT2D eigenvalue weighted by Crippen LogP contribution is 2.36. The number of phenols is 1. The summed E-state index contributed by atoms with van der Waals surface area (Å²) in [6.45, 7) is 3.81. The lowest BCUT2D eigenvalue weighted by molar-refractivity contribution is -0.917. The molecular formula is C21H27N2O5+. The highest BCUT2D eigenvalue weighted by atomic mass is 16.5. The lowest BCUT2D eigenvalue weighted by Crippen LogP contribution is -3.13. The maximum Gasteiger partial charge on any atom is 0.258 e. The molecule has 0 aliphatic carbocycles. The Balaban J connectivity index is 1.64. The van der Waals surface area contributed by atoms with Gasteiger partial charge in [-0.3, -0.25) is 4.79 Å². The zero-order valence-corrected chi connectivity index (χ0v) is 16.5. The van der Waals surface area contributed by atoms with Gasteiger partial charge in [-0.2, -0.15) is 0 Å². The van der Waals surface area contributed by atoms with Crippen LogP contribution in [0.1, 0.15) is 15.9 Å². The number of para-hydroxylation sites is 1. The van der Waals surface area contributed by atoms with Gasteiger partial charge in [0.1, 0.15) is 12.3 Å². The van der Waals surface area contributed by atoms with Crippen molar-refractivity contribution in [3.05, 3.63) is 47.5 Å². The number of aromatic hydroxyl groups is 1. The van der Waals surface area contributed by atoms with Crippen LogP contribution in [0.2, 0.25) is 0 Å². The molecular weight excluding hydrogens is 360 g/mol. The Morgan fingerprint density at radius 1 is 1.00 bits per heavy atom. The van der Waals surface area contributed by atoms with Crippen molar-refractivity contribution >= 4 is 5.91 Å². The van der Waals surface area contributed by atoms with Gasteiger partial charge in [-0.05, 0) is 24.3 Å². The third-order valence-corrected chi connectivity index (χ3v) is 5.09. The van der Waals surface area contributed by atoms with E-state index >= 15 is 0 Å². The Morgan fingerprint density at radius 3 is 2.14 bits per heavy atom. The summed E-state index contributed by atoms with van der Waals surface area (Å²) >= 11 is 0. The van der Waals surface area contributed by atoms with E-state index in [1.807, 2.05) is 29.2 Å². The lowest BCUT2D eigenvalue weighted by Gasteiger charge is -2.32. The summed E-state index contributed by atoms with van der Waals surface area (Å²) in [5, 5.41) is 10.1. The van der Waals surface area contributed by atoms with E-state index in [0.717, 1.165) is 25.2 Å². The third-order valence-electron chi connectivity index (χ3n) is 5.09. The van der Waals surface area contributed by atoms with Crippen molar-refractivity contribution in [2.24, 2.45) is 0 Å². The van der Waals surface area contributed by atoms with Crippen LogP contribution in [0, 0.1) is 0 Å². The molecule has 0 saturated carbocycles. The van der Waals surface area contributed by atoms with Crippen molar-refractivity contribution in [1.29, 1.82) is 0 Å². The summed E-state index contributed by atoms with van der Waals surface area (Å²) < 4.78 is 15.8. The predicted octanol–water partition coefficient (Wildman–Crippen LogP) is 0.959. The number of nitrogens with zero attached hydrogens (tertiary/aromatic N) is 1. The molecule has 1 amide bonds. The summed E-state index contributed by atoms with van der Waals surface area (Å²) in [5.74, 6) is 1.42. The van der Waals surface area contributed by atoms with Crippen molar-refractivity contribution in [2.75, 3.05) is 47.5 Å². The Morgan fingerprint density at radius 2 is 1.57 bits per heavy atom. The predicted molar refractivity (Wildman–Crippen MR) is 105 cm³/mol. The van der Waals surface area contributed by atoms with Crippen LogP contribution in [-0.4, -0.2) is 63.4 Å². The van der Waals surface area contributed by atoms with Gasteiger partial charge in [-0.15, -0.1) is 0 Å². The first-order valence-corrected chi connectivity index (χ1v) is 9.27. The Bertz CT molecular complexity index is 806. The fourth-order valence-corrected chi connectivity index (χ4v) is 3.53. The van der Waals surface area contributed by atoms with Crippen molar-refractivity contribution in [1.82, 2.24) is 4.90 Å². The smallest absolute Gasteiger partial charge is 0.258 e. The van der Waals surface area contributed by atoms with Crippen molar-refractivity contribution in [3.63, 3.8) is 0 Å². The van der Waals surface area contributed by atoms with Gasteiger partial charge in [0, 0.05) is 5.56 Å². The zero-order valence-electron chi connectivity index (χ0n) is 16.5. The number of methoxy groups -OCH3 is 3. The number of rotatable bonds is 6. The average molecular weight is 387 g/mol. The SMILES string of the molecule is COc1ccccc1C(=O)N1CC[NH+](Cc2cc(OC)c(O)c(OC)c2)CC1. The molecule has 2 N–H and O–H groups in total. The Labute approximate surface area is 165 Å². The minimum absolute atomic E-state index is 0.00414. The number of phenolic OH excluding ortho intramolecular Hbond substituents is 1. The first kappa shape index (κ1) is 19.8. The summed E-state index contributed by atoms with van der Waals surface area (Å²) in [4.78, 5) is 16.1. The van der Waals surface area contributed by atoms with Crippen LogP contribution < -0.4 is 19.1 Å². The maximum absolute atomic E-state index is 12.8. The molecule has 2 aromatic rings. The number of hydrogen-bond acceptors (Lipinski definition) is 5. The minimum Gasteiger partial charge on any atom is -0.502 e. The number of piperazine rings is 1. The molecule has 150 valence electrons. The standard InChI is InChI=1S/C21H26N2O5/c1-26-17-7-5-4-6-16(17)21(25)23-10-8-22(9-11-23)14-15-12-18(27-2)20(24)19(13-15)28-3/h4-7,12-13,24H,8-11,14H2,1-3H3/p+1. The highest BCUT2D eigenvalue weighted by Gasteiger charge is 2.26. The number of carbonyl (C=O) groups excluding carboxylic acids is 1. The van der Waals surface area contributed by atoms with Crippen molar-refractivity contribution in [3.8, 4) is 23.0 Å². The number of quaternary nitrogens is 1. The molecule has 3 rings (SSSR count). The molecule has 0 spiro atoms. The number of benzene rings is 2. The summed E-state index contributed by atoms with van der Waals surface area (Å²) in [7, 11) is 4.62. The van der Waals surface area contributed by atoms with Gasteiger partial charge in [0.05, 0.1) is 53.1 Å². The van der Waals surface area contributed by atoms with Gasteiger partial charge in [0.2, 0.25) is 5.75 Å². The lowest BCUT2D eigenvalue weighted by atomic mass is 10.1. The molecule has 7 heteroatoms. The third kappa shape index (κ3) is 4.14. The van der Waals surface area contributed by atoms with Crippen LogP contribution in [0.3, 0.4) is 0 Å². The van der Waals surface area contributed by atoms with E-state index in [9.17, 15) is 9.90 Å². The summed E-state index contributed by atoms with van der Waals surface area (Å²) in [6.07, 6.45) is 0. The molecule has 0 bridgehead atoms. The molecule has 2 aromatic carbocycles. The first-order valence-electron chi connectivity index (χ1n) is 9.27. The quantitative estimate of drug-likeness (QED) is 0.773. The fraction of sp³-hybridized carbons (Fsp3) is 0.381. The van der Waals surface area contributed by atoms with Crippen LogP contribution in [0.15, 0.2) is 36.4 Å². The van der Waals surface area contributed by atoms with Crippen molar-refractivity contribution in [2.45, 2.75) is 6.54 Å². The maximum atomic E-state index is 12.8.